The van der Waals surface area contributed by atoms with Crippen LogP contribution >= 0.6 is 23.4 Å². The Morgan fingerprint density at radius 1 is 1.20 bits per heavy atom. The molecular formula is C21H21ClN6OS. The predicted octanol–water partition coefficient (Wildman–Crippen LogP) is 5.12. The molecule has 1 amide bonds. The largest absolute Gasteiger partial charge is 0.321 e. The molecule has 4 rings (SSSR count). The molecule has 0 bridgehead atoms. The number of amides is 1. The first kappa shape index (κ1) is 20.6. The number of thioether (sulfide) groups is 1. The Morgan fingerprint density at radius 3 is 2.70 bits per heavy atom. The molecule has 0 aliphatic carbocycles. The zero-order valence-electron chi connectivity index (χ0n) is 16.8. The summed E-state index contributed by atoms with van der Waals surface area (Å²) >= 11 is 7.15. The number of carbonyl (C=O) groups excluding carboxylic acids is 1. The lowest BCUT2D eigenvalue weighted by atomic mass is 10.2. The molecule has 7 nitrogen and oxygen atoms in total. The molecule has 1 atom stereocenters. The Kier molecular flexibility index (Phi) is 5.87. The number of aromatic nitrogens is 5. The van der Waals surface area contributed by atoms with Crippen LogP contribution in [-0.4, -0.2) is 35.9 Å². The van der Waals surface area contributed by atoms with Crippen molar-refractivity contribution in [2.75, 3.05) is 5.32 Å². The van der Waals surface area contributed by atoms with Gasteiger partial charge in [0.15, 0.2) is 5.65 Å². The molecule has 0 aliphatic heterocycles. The molecule has 0 saturated heterocycles. The minimum atomic E-state index is -0.376. The van der Waals surface area contributed by atoms with Crippen molar-refractivity contribution in [2.45, 2.75) is 43.6 Å². The molecule has 0 spiro atoms. The second kappa shape index (κ2) is 8.57. The minimum absolute atomic E-state index is 0.162. The third-order valence-electron chi connectivity index (χ3n) is 4.70. The summed E-state index contributed by atoms with van der Waals surface area (Å²) in [5.74, 6) is 0.295. The molecule has 0 saturated carbocycles. The number of fused-ring (bicyclic) bond motifs is 3. The van der Waals surface area contributed by atoms with Crippen LogP contribution < -0.4 is 5.32 Å². The van der Waals surface area contributed by atoms with Gasteiger partial charge in [-0.2, -0.15) is 0 Å². The SMILES string of the molecule is CC[C@H](Sc1nnc2c3ccccc3n(C(C)C)c2n1)C(=O)Nc1ccc(Cl)cn1. The Balaban J connectivity index is 1.63. The highest BCUT2D eigenvalue weighted by molar-refractivity contribution is 8.00. The van der Waals surface area contributed by atoms with Gasteiger partial charge < -0.3 is 9.88 Å². The maximum absolute atomic E-state index is 12.7. The summed E-state index contributed by atoms with van der Waals surface area (Å²) in [6.07, 6.45) is 2.11. The molecule has 0 radical (unpaired) electrons. The molecule has 0 unspecified atom stereocenters. The monoisotopic (exact) mass is 440 g/mol. The van der Waals surface area contributed by atoms with Gasteiger partial charge in [-0.3, -0.25) is 4.79 Å². The average Bonchev–Trinajstić information content (AvgIpc) is 3.07. The highest BCUT2D eigenvalue weighted by atomic mass is 35.5. The number of hydrogen-bond donors (Lipinski definition) is 1. The maximum Gasteiger partial charge on any atom is 0.239 e. The van der Waals surface area contributed by atoms with Crippen LogP contribution in [-0.2, 0) is 4.79 Å². The van der Waals surface area contributed by atoms with E-state index < -0.39 is 0 Å². The summed E-state index contributed by atoms with van der Waals surface area (Å²) in [4.78, 5) is 21.6. The Morgan fingerprint density at radius 2 is 2.00 bits per heavy atom. The number of rotatable bonds is 6. The fourth-order valence-electron chi connectivity index (χ4n) is 3.32. The quantitative estimate of drug-likeness (QED) is 0.419. The highest BCUT2D eigenvalue weighted by Gasteiger charge is 2.22. The van der Waals surface area contributed by atoms with Gasteiger partial charge in [-0.15, -0.1) is 10.2 Å². The van der Waals surface area contributed by atoms with E-state index in [-0.39, 0.29) is 17.2 Å². The first-order chi connectivity index (χ1) is 14.5. The number of nitrogens with zero attached hydrogens (tertiary/aromatic N) is 5. The second-order valence-electron chi connectivity index (χ2n) is 7.11. The van der Waals surface area contributed by atoms with Gasteiger partial charge in [0.25, 0.3) is 0 Å². The lowest BCUT2D eigenvalue weighted by Crippen LogP contribution is -2.25. The van der Waals surface area contributed by atoms with Crippen LogP contribution in [0.2, 0.25) is 5.02 Å². The third-order valence-corrected chi connectivity index (χ3v) is 6.14. The normalized spacial score (nSPS) is 12.6. The third kappa shape index (κ3) is 3.97. The number of carbonyl (C=O) groups is 1. The first-order valence-corrected chi connectivity index (χ1v) is 11.0. The Bertz CT molecular complexity index is 1210. The van der Waals surface area contributed by atoms with Gasteiger partial charge in [-0.1, -0.05) is 48.5 Å². The van der Waals surface area contributed by atoms with Crippen molar-refractivity contribution in [2.24, 2.45) is 0 Å². The lowest BCUT2D eigenvalue weighted by molar-refractivity contribution is -0.115. The van der Waals surface area contributed by atoms with Crippen LogP contribution in [0.15, 0.2) is 47.8 Å². The van der Waals surface area contributed by atoms with Crippen molar-refractivity contribution in [3.05, 3.63) is 47.6 Å². The summed E-state index contributed by atoms with van der Waals surface area (Å²) < 4.78 is 2.15. The van der Waals surface area contributed by atoms with Gasteiger partial charge in [0.2, 0.25) is 11.1 Å². The molecular weight excluding hydrogens is 420 g/mol. The lowest BCUT2D eigenvalue weighted by Gasteiger charge is -2.14. The van der Waals surface area contributed by atoms with Gasteiger partial charge >= 0.3 is 0 Å². The van der Waals surface area contributed by atoms with Crippen LogP contribution in [0.5, 0.6) is 0 Å². The number of anilines is 1. The van der Waals surface area contributed by atoms with E-state index in [1.54, 1.807) is 12.1 Å². The molecule has 1 aromatic carbocycles. The van der Waals surface area contributed by atoms with Gasteiger partial charge in [-0.05, 0) is 38.5 Å². The van der Waals surface area contributed by atoms with E-state index in [9.17, 15) is 4.79 Å². The highest BCUT2D eigenvalue weighted by Crippen LogP contribution is 2.31. The molecule has 30 heavy (non-hydrogen) atoms. The van der Waals surface area contributed by atoms with E-state index in [4.69, 9.17) is 16.6 Å². The molecule has 9 heteroatoms. The number of para-hydroxylation sites is 1. The van der Waals surface area contributed by atoms with Gasteiger partial charge in [0.1, 0.15) is 11.3 Å². The van der Waals surface area contributed by atoms with E-state index in [2.05, 4.69) is 45.0 Å². The van der Waals surface area contributed by atoms with Crippen LogP contribution in [0.1, 0.15) is 33.2 Å². The zero-order chi connectivity index (χ0) is 21.3. The number of nitrogens with one attached hydrogen (secondary N) is 1. The van der Waals surface area contributed by atoms with E-state index in [1.165, 1.54) is 18.0 Å². The van der Waals surface area contributed by atoms with E-state index in [0.717, 1.165) is 22.1 Å². The molecule has 0 aliphatic rings. The first-order valence-electron chi connectivity index (χ1n) is 9.70. The molecule has 3 aromatic heterocycles. The van der Waals surface area contributed by atoms with Crippen molar-refractivity contribution in [3.8, 4) is 0 Å². The molecule has 4 aromatic rings. The van der Waals surface area contributed by atoms with E-state index in [1.807, 2.05) is 25.1 Å². The number of halogens is 1. The minimum Gasteiger partial charge on any atom is -0.321 e. The summed E-state index contributed by atoms with van der Waals surface area (Å²) in [6.45, 7) is 6.17. The average molecular weight is 441 g/mol. The van der Waals surface area contributed by atoms with Crippen LogP contribution in [0, 0.1) is 0 Å². The summed E-state index contributed by atoms with van der Waals surface area (Å²) in [5.41, 5.74) is 2.62. The molecule has 3 heterocycles. The standard InChI is InChI=1S/C21H21ClN6OS/c1-4-16(20(29)24-17-10-9-13(22)11-23-17)30-21-25-19-18(26-27-21)14-7-5-6-8-15(14)28(19)12(2)3/h5-12,16H,4H2,1-3H3,(H,23,24,29)/t16-/m0/s1. The number of hydrogen-bond acceptors (Lipinski definition) is 6. The molecule has 0 fully saturated rings. The number of benzene rings is 1. The second-order valence-corrected chi connectivity index (χ2v) is 8.72. The zero-order valence-corrected chi connectivity index (χ0v) is 18.4. The van der Waals surface area contributed by atoms with Crippen molar-refractivity contribution in [3.63, 3.8) is 0 Å². The number of pyridine rings is 1. The fraction of sp³-hybridized carbons (Fsp3) is 0.286. The maximum atomic E-state index is 12.7. The van der Waals surface area contributed by atoms with E-state index in [0.29, 0.717) is 22.4 Å². The summed E-state index contributed by atoms with van der Waals surface area (Å²) in [6, 6.07) is 11.6. The fourth-order valence-corrected chi connectivity index (χ4v) is 4.25. The Labute approximate surface area is 183 Å². The predicted molar refractivity (Wildman–Crippen MR) is 121 cm³/mol. The summed E-state index contributed by atoms with van der Waals surface area (Å²) in [7, 11) is 0. The van der Waals surface area contributed by atoms with Crippen molar-refractivity contribution in [1.82, 2.24) is 24.7 Å². The van der Waals surface area contributed by atoms with Gasteiger partial charge in [0, 0.05) is 17.6 Å². The van der Waals surface area contributed by atoms with Crippen LogP contribution in [0.4, 0.5) is 5.82 Å². The van der Waals surface area contributed by atoms with E-state index >= 15 is 0 Å². The molecule has 1 N–H and O–H groups in total. The van der Waals surface area contributed by atoms with Crippen molar-refractivity contribution < 1.29 is 4.79 Å². The topological polar surface area (TPSA) is 85.6 Å². The van der Waals surface area contributed by atoms with Crippen molar-refractivity contribution in [1.29, 1.82) is 0 Å². The smallest absolute Gasteiger partial charge is 0.239 e. The van der Waals surface area contributed by atoms with Crippen LogP contribution in [0.25, 0.3) is 22.1 Å². The summed E-state index contributed by atoms with van der Waals surface area (Å²) in [5, 5.41) is 13.2. The van der Waals surface area contributed by atoms with Crippen molar-refractivity contribution >= 4 is 57.2 Å². The molecule has 154 valence electrons. The van der Waals surface area contributed by atoms with Crippen LogP contribution in [0.3, 0.4) is 0 Å². The van der Waals surface area contributed by atoms with Gasteiger partial charge in [0.05, 0.1) is 15.8 Å². The van der Waals surface area contributed by atoms with Gasteiger partial charge in [-0.25, -0.2) is 9.97 Å². The Hall–Kier alpha value is -2.71.